The van der Waals surface area contributed by atoms with Gasteiger partial charge in [-0.05, 0) is 36.5 Å². The number of methoxy groups -OCH3 is 1. The Labute approximate surface area is 110 Å². The predicted molar refractivity (Wildman–Crippen MR) is 69.2 cm³/mol. The van der Waals surface area contributed by atoms with Crippen LogP contribution in [-0.2, 0) is 4.74 Å². The fraction of sp³-hybridized carbons (Fsp3) is 0.538. The molecule has 0 spiro atoms. The molecular formula is C13H17BrO3. The SMILES string of the molecule is COc1ccc(C(O)C2CCOCC2)c(Br)c1. The van der Waals surface area contributed by atoms with Gasteiger partial charge in [-0.1, -0.05) is 22.0 Å². The summed E-state index contributed by atoms with van der Waals surface area (Å²) in [4.78, 5) is 0. The van der Waals surface area contributed by atoms with Crippen LogP contribution in [0.25, 0.3) is 0 Å². The maximum atomic E-state index is 10.4. The zero-order valence-electron chi connectivity index (χ0n) is 9.86. The normalized spacial score (nSPS) is 19.0. The Hall–Kier alpha value is -0.580. The van der Waals surface area contributed by atoms with E-state index < -0.39 is 6.10 Å². The highest BCUT2D eigenvalue weighted by molar-refractivity contribution is 9.10. The zero-order chi connectivity index (χ0) is 12.3. The standard InChI is InChI=1S/C13H17BrO3/c1-16-10-2-3-11(12(14)8-10)13(15)9-4-6-17-7-5-9/h2-3,8-9,13,15H,4-7H2,1H3. The van der Waals surface area contributed by atoms with Crippen molar-refractivity contribution in [3.63, 3.8) is 0 Å². The Bertz CT molecular complexity index is 375. The molecule has 0 bridgehead atoms. The molecule has 1 unspecified atom stereocenters. The van der Waals surface area contributed by atoms with Crippen LogP contribution >= 0.6 is 15.9 Å². The zero-order valence-corrected chi connectivity index (χ0v) is 11.4. The Kier molecular flexibility index (Phi) is 4.42. The Morgan fingerprint density at radius 2 is 2.12 bits per heavy atom. The molecule has 4 heteroatoms. The first-order chi connectivity index (χ1) is 8.22. The molecule has 1 atom stereocenters. The fourth-order valence-electron chi connectivity index (χ4n) is 2.16. The van der Waals surface area contributed by atoms with E-state index in [2.05, 4.69) is 15.9 Å². The minimum atomic E-state index is -0.431. The van der Waals surface area contributed by atoms with Gasteiger partial charge in [0.2, 0.25) is 0 Å². The van der Waals surface area contributed by atoms with Crippen LogP contribution in [0.15, 0.2) is 22.7 Å². The van der Waals surface area contributed by atoms with E-state index in [1.54, 1.807) is 7.11 Å². The molecule has 1 aromatic carbocycles. The third-order valence-corrected chi connectivity index (χ3v) is 3.93. The highest BCUT2D eigenvalue weighted by Gasteiger charge is 2.24. The number of ether oxygens (including phenoxy) is 2. The smallest absolute Gasteiger partial charge is 0.120 e. The summed E-state index contributed by atoms with van der Waals surface area (Å²) in [5, 5.41) is 10.4. The van der Waals surface area contributed by atoms with E-state index in [1.165, 1.54) is 0 Å². The lowest BCUT2D eigenvalue weighted by Gasteiger charge is -2.27. The summed E-state index contributed by atoms with van der Waals surface area (Å²) in [5.41, 5.74) is 0.928. The third kappa shape index (κ3) is 3.00. The Morgan fingerprint density at radius 3 is 2.71 bits per heavy atom. The molecule has 0 saturated carbocycles. The molecular weight excluding hydrogens is 284 g/mol. The molecule has 1 aliphatic rings. The van der Waals surface area contributed by atoms with Crippen molar-refractivity contribution in [3.05, 3.63) is 28.2 Å². The maximum Gasteiger partial charge on any atom is 0.120 e. The summed E-state index contributed by atoms with van der Waals surface area (Å²) in [6.45, 7) is 1.49. The second-order valence-corrected chi connectivity index (χ2v) is 5.14. The average Bonchev–Trinajstić information content (AvgIpc) is 2.39. The van der Waals surface area contributed by atoms with E-state index in [1.807, 2.05) is 18.2 Å². The van der Waals surface area contributed by atoms with Crippen LogP contribution in [0.5, 0.6) is 5.75 Å². The molecule has 1 heterocycles. The molecule has 0 radical (unpaired) electrons. The third-order valence-electron chi connectivity index (χ3n) is 3.24. The summed E-state index contributed by atoms with van der Waals surface area (Å²) in [7, 11) is 1.64. The summed E-state index contributed by atoms with van der Waals surface area (Å²) in [5.74, 6) is 1.08. The van der Waals surface area contributed by atoms with Crippen molar-refractivity contribution in [2.24, 2.45) is 5.92 Å². The van der Waals surface area contributed by atoms with Crippen LogP contribution in [0, 0.1) is 5.92 Å². The summed E-state index contributed by atoms with van der Waals surface area (Å²) in [6, 6.07) is 5.68. The minimum absolute atomic E-state index is 0.286. The molecule has 2 rings (SSSR count). The van der Waals surface area contributed by atoms with Gasteiger partial charge in [0.05, 0.1) is 13.2 Å². The van der Waals surface area contributed by atoms with Gasteiger partial charge in [-0.15, -0.1) is 0 Å². The molecule has 94 valence electrons. The molecule has 1 aromatic rings. The van der Waals surface area contributed by atoms with Crippen LogP contribution in [0.4, 0.5) is 0 Å². The maximum absolute atomic E-state index is 10.4. The number of aliphatic hydroxyl groups is 1. The molecule has 0 aliphatic carbocycles. The van der Waals surface area contributed by atoms with Gasteiger partial charge < -0.3 is 14.6 Å². The van der Waals surface area contributed by atoms with E-state index in [-0.39, 0.29) is 5.92 Å². The molecule has 17 heavy (non-hydrogen) atoms. The lowest BCUT2D eigenvalue weighted by Crippen LogP contribution is -2.22. The molecule has 1 aliphatic heterocycles. The topological polar surface area (TPSA) is 38.7 Å². The molecule has 1 fully saturated rings. The number of aliphatic hydroxyl groups excluding tert-OH is 1. The van der Waals surface area contributed by atoms with E-state index in [4.69, 9.17) is 9.47 Å². The van der Waals surface area contributed by atoms with Crippen LogP contribution in [0.2, 0.25) is 0 Å². The fourth-order valence-corrected chi connectivity index (χ4v) is 2.75. The van der Waals surface area contributed by atoms with Gasteiger partial charge >= 0.3 is 0 Å². The lowest BCUT2D eigenvalue weighted by molar-refractivity contribution is 0.00691. The average molecular weight is 301 g/mol. The summed E-state index contributed by atoms with van der Waals surface area (Å²) in [6.07, 6.45) is 1.40. The van der Waals surface area contributed by atoms with Gasteiger partial charge in [0.25, 0.3) is 0 Å². The second-order valence-electron chi connectivity index (χ2n) is 4.28. The monoisotopic (exact) mass is 300 g/mol. The van der Waals surface area contributed by atoms with Gasteiger partial charge in [-0.3, -0.25) is 0 Å². The molecule has 0 aromatic heterocycles. The van der Waals surface area contributed by atoms with E-state index in [0.717, 1.165) is 41.8 Å². The predicted octanol–water partition coefficient (Wildman–Crippen LogP) is 2.92. The van der Waals surface area contributed by atoms with Gasteiger partial charge in [-0.25, -0.2) is 0 Å². The van der Waals surface area contributed by atoms with Crippen LogP contribution < -0.4 is 4.74 Å². The van der Waals surface area contributed by atoms with Crippen molar-refractivity contribution in [2.45, 2.75) is 18.9 Å². The van der Waals surface area contributed by atoms with Crippen LogP contribution in [0.1, 0.15) is 24.5 Å². The quantitative estimate of drug-likeness (QED) is 0.933. The summed E-state index contributed by atoms with van der Waals surface area (Å²) < 4.78 is 11.4. The van der Waals surface area contributed by atoms with Crippen LogP contribution in [0.3, 0.4) is 0 Å². The Morgan fingerprint density at radius 1 is 1.41 bits per heavy atom. The van der Waals surface area contributed by atoms with Gasteiger partial charge in [0.15, 0.2) is 0 Å². The van der Waals surface area contributed by atoms with Gasteiger partial charge in [0.1, 0.15) is 5.75 Å². The van der Waals surface area contributed by atoms with Crippen molar-refractivity contribution >= 4 is 15.9 Å². The number of halogens is 1. The summed E-state index contributed by atoms with van der Waals surface area (Å²) >= 11 is 3.48. The number of hydrogen-bond acceptors (Lipinski definition) is 3. The number of rotatable bonds is 3. The Balaban J connectivity index is 2.15. The molecule has 1 saturated heterocycles. The van der Waals surface area contributed by atoms with E-state index in [0.29, 0.717) is 0 Å². The highest BCUT2D eigenvalue weighted by Crippen LogP contribution is 2.35. The van der Waals surface area contributed by atoms with Crippen molar-refractivity contribution in [1.82, 2.24) is 0 Å². The lowest BCUT2D eigenvalue weighted by atomic mass is 9.89. The molecule has 0 amide bonds. The number of benzene rings is 1. The second kappa shape index (κ2) is 5.85. The van der Waals surface area contributed by atoms with Crippen molar-refractivity contribution in [1.29, 1.82) is 0 Å². The first-order valence-corrected chi connectivity index (χ1v) is 6.61. The van der Waals surface area contributed by atoms with Crippen molar-refractivity contribution in [3.8, 4) is 5.75 Å². The number of hydrogen-bond donors (Lipinski definition) is 1. The first-order valence-electron chi connectivity index (χ1n) is 5.81. The molecule has 1 N–H and O–H groups in total. The largest absolute Gasteiger partial charge is 0.497 e. The van der Waals surface area contributed by atoms with Crippen molar-refractivity contribution in [2.75, 3.05) is 20.3 Å². The highest BCUT2D eigenvalue weighted by atomic mass is 79.9. The van der Waals surface area contributed by atoms with Gasteiger partial charge in [0, 0.05) is 17.7 Å². The van der Waals surface area contributed by atoms with E-state index in [9.17, 15) is 5.11 Å². The molecule has 3 nitrogen and oxygen atoms in total. The minimum Gasteiger partial charge on any atom is -0.497 e. The van der Waals surface area contributed by atoms with Crippen molar-refractivity contribution < 1.29 is 14.6 Å². The van der Waals surface area contributed by atoms with E-state index >= 15 is 0 Å². The first kappa shape index (κ1) is 12.9. The van der Waals surface area contributed by atoms with Crippen LogP contribution in [-0.4, -0.2) is 25.4 Å². The van der Waals surface area contributed by atoms with Gasteiger partial charge in [-0.2, -0.15) is 0 Å².